The molecule has 0 unspecified atom stereocenters. The highest BCUT2D eigenvalue weighted by Crippen LogP contribution is 2.28. The van der Waals surface area contributed by atoms with E-state index in [4.69, 9.17) is 28.4 Å². The van der Waals surface area contributed by atoms with E-state index in [9.17, 15) is 14.4 Å². The van der Waals surface area contributed by atoms with Crippen LogP contribution in [0.5, 0.6) is 0 Å². The summed E-state index contributed by atoms with van der Waals surface area (Å²) in [5.74, 6) is -1.66. The molecule has 0 aliphatic carbocycles. The quantitative estimate of drug-likeness (QED) is 0.482. The van der Waals surface area contributed by atoms with Gasteiger partial charge in [0.2, 0.25) is 0 Å². The molecular weight excluding hydrogens is 312 g/mol. The predicted octanol–water partition coefficient (Wildman–Crippen LogP) is -0.201. The fraction of sp³-hybridized carbons (Fsp3) is 0.786. The summed E-state index contributed by atoms with van der Waals surface area (Å²) in [6.07, 6.45) is -4.52. The van der Waals surface area contributed by atoms with Crippen molar-refractivity contribution in [2.24, 2.45) is 0 Å². The number of hydrogen-bond acceptors (Lipinski definition) is 9. The van der Waals surface area contributed by atoms with E-state index in [0.717, 1.165) is 0 Å². The number of rotatable bonds is 6. The van der Waals surface area contributed by atoms with Crippen molar-refractivity contribution in [3.05, 3.63) is 0 Å². The van der Waals surface area contributed by atoms with Gasteiger partial charge in [-0.05, 0) is 0 Å². The maximum absolute atomic E-state index is 11.4. The molecule has 0 aromatic rings. The zero-order valence-electron chi connectivity index (χ0n) is 13.8. The van der Waals surface area contributed by atoms with E-state index in [1.807, 2.05) is 0 Å². The van der Waals surface area contributed by atoms with Crippen molar-refractivity contribution >= 4 is 17.9 Å². The maximum atomic E-state index is 11.4. The predicted molar refractivity (Wildman–Crippen MR) is 74.2 cm³/mol. The van der Waals surface area contributed by atoms with Gasteiger partial charge in [-0.1, -0.05) is 0 Å². The summed E-state index contributed by atoms with van der Waals surface area (Å²) >= 11 is 0. The molecular formula is C14H22O9. The van der Waals surface area contributed by atoms with Gasteiger partial charge in [0.15, 0.2) is 18.5 Å². The molecule has 23 heavy (non-hydrogen) atoms. The van der Waals surface area contributed by atoms with Crippen LogP contribution in [0.1, 0.15) is 20.8 Å². The van der Waals surface area contributed by atoms with E-state index < -0.39 is 48.6 Å². The molecule has 1 aliphatic rings. The fourth-order valence-corrected chi connectivity index (χ4v) is 2.32. The summed E-state index contributed by atoms with van der Waals surface area (Å²) in [6, 6.07) is 0. The summed E-state index contributed by atoms with van der Waals surface area (Å²) in [4.78, 5) is 33.7. The summed E-state index contributed by atoms with van der Waals surface area (Å²) in [5, 5.41) is 0. The minimum atomic E-state index is -0.962. The third-order valence-electron chi connectivity index (χ3n) is 3.15. The van der Waals surface area contributed by atoms with Crippen LogP contribution < -0.4 is 0 Å². The number of hydrogen-bond donors (Lipinski definition) is 0. The standard InChI is InChI=1S/C14H22O9/c1-7(15)20-6-10-11(21-8(2)16)12(18-4)13(22-9(3)17)14(19-5)23-10/h10-14H,6H2,1-5H3/t10-,11-,12+,13-,14+/m1/s1. The molecule has 0 N–H and O–H groups in total. The van der Waals surface area contributed by atoms with Crippen molar-refractivity contribution < 1.29 is 42.8 Å². The van der Waals surface area contributed by atoms with Gasteiger partial charge >= 0.3 is 17.9 Å². The first-order valence-electron chi connectivity index (χ1n) is 6.99. The van der Waals surface area contributed by atoms with Crippen LogP contribution in [0, 0.1) is 0 Å². The van der Waals surface area contributed by atoms with Crippen LogP contribution in [-0.4, -0.2) is 69.4 Å². The minimum Gasteiger partial charge on any atom is -0.463 e. The smallest absolute Gasteiger partial charge is 0.303 e. The Balaban J connectivity index is 3.04. The van der Waals surface area contributed by atoms with Gasteiger partial charge in [-0.3, -0.25) is 14.4 Å². The fourth-order valence-electron chi connectivity index (χ4n) is 2.32. The molecule has 1 fully saturated rings. The SMILES string of the molecule is CO[C@H]1O[C@H](COC(C)=O)[C@@H](OC(C)=O)[C@H](OC)[C@H]1OC(C)=O. The third kappa shape index (κ3) is 5.45. The van der Waals surface area contributed by atoms with Crippen LogP contribution in [0.25, 0.3) is 0 Å². The molecule has 0 bridgehead atoms. The first-order chi connectivity index (χ1) is 10.8. The van der Waals surface area contributed by atoms with Crippen molar-refractivity contribution in [2.45, 2.75) is 51.5 Å². The Hall–Kier alpha value is -1.71. The lowest BCUT2D eigenvalue weighted by Crippen LogP contribution is -2.62. The van der Waals surface area contributed by atoms with Gasteiger partial charge in [0.25, 0.3) is 0 Å². The lowest BCUT2D eigenvalue weighted by molar-refractivity contribution is -0.303. The van der Waals surface area contributed by atoms with Gasteiger partial charge in [-0.2, -0.15) is 0 Å². The molecule has 9 nitrogen and oxygen atoms in total. The second-order valence-corrected chi connectivity index (χ2v) is 4.93. The van der Waals surface area contributed by atoms with Crippen LogP contribution >= 0.6 is 0 Å². The normalized spacial score (nSPS) is 30.4. The van der Waals surface area contributed by atoms with E-state index >= 15 is 0 Å². The number of esters is 3. The van der Waals surface area contributed by atoms with Crippen LogP contribution in [0.4, 0.5) is 0 Å². The highest BCUT2D eigenvalue weighted by atomic mass is 16.7. The molecule has 1 saturated heterocycles. The largest absolute Gasteiger partial charge is 0.463 e. The van der Waals surface area contributed by atoms with Crippen molar-refractivity contribution in [1.82, 2.24) is 0 Å². The number of carbonyl (C=O) groups excluding carboxylic acids is 3. The topological polar surface area (TPSA) is 107 Å². The Morgan fingerprint density at radius 2 is 1.39 bits per heavy atom. The molecule has 1 rings (SSSR count). The lowest BCUT2D eigenvalue weighted by atomic mass is 9.98. The van der Waals surface area contributed by atoms with Crippen molar-refractivity contribution in [3.63, 3.8) is 0 Å². The van der Waals surface area contributed by atoms with Crippen molar-refractivity contribution in [3.8, 4) is 0 Å². The van der Waals surface area contributed by atoms with Gasteiger partial charge in [-0.25, -0.2) is 0 Å². The molecule has 0 aromatic carbocycles. The van der Waals surface area contributed by atoms with Crippen LogP contribution in [0.15, 0.2) is 0 Å². The van der Waals surface area contributed by atoms with E-state index in [0.29, 0.717) is 0 Å². The summed E-state index contributed by atoms with van der Waals surface area (Å²) in [5.41, 5.74) is 0. The zero-order chi connectivity index (χ0) is 17.6. The van der Waals surface area contributed by atoms with Crippen LogP contribution in [-0.2, 0) is 42.8 Å². The molecule has 0 saturated carbocycles. The maximum Gasteiger partial charge on any atom is 0.303 e. The summed E-state index contributed by atoms with van der Waals surface area (Å²) < 4.78 is 31.4. The average molecular weight is 334 g/mol. The Morgan fingerprint density at radius 3 is 1.83 bits per heavy atom. The Morgan fingerprint density at radius 1 is 0.826 bits per heavy atom. The van der Waals surface area contributed by atoms with E-state index in [2.05, 4.69) is 0 Å². The number of carbonyl (C=O) groups is 3. The first-order valence-corrected chi connectivity index (χ1v) is 6.99. The molecule has 1 heterocycles. The van der Waals surface area contributed by atoms with Crippen molar-refractivity contribution in [1.29, 1.82) is 0 Å². The first kappa shape index (κ1) is 19.3. The van der Waals surface area contributed by atoms with Crippen molar-refractivity contribution in [2.75, 3.05) is 20.8 Å². The van der Waals surface area contributed by atoms with Gasteiger partial charge in [0.05, 0.1) is 0 Å². The van der Waals surface area contributed by atoms with Gasteiger partial charge in [0, 0.05) is 35.0 Å². The highest BCUT2D eigenvalue weighted by Gasteiger charge is 2.50. The molecule has 5 atom stereocenters. The average Bonchev–Trinajstić information content (AvgIpc) is 2.45. The minimum absolute atomic E-state index is 0.167. The summed E-state index contributed by atoms with van der Waals surface area (Å²) in [7, 11) is 2.74. The highest BCUT2D eigenvalue weighted by molar-refractivity contribution is 5.67. The Bertz CT molecular complexity index is 436. The number of methoxy groups -OCH3 is 2. The third-order valence-corrected chi connectivity index (χ3v) is 3.15. The molecule has 0 radical (unpaired) electrons. The van der Waals surface area contributed by atoms with Gasteiger partial charge in [-0.15, -0.1) is 0 Å². The zero-order valence-corrected chi connectivity index (χ0v) is 13.8. The van der Waals surface area contributed by atoms with E-state index in [-0.39, 0.29) is 6.61 Å². The Labute approximate surface area is 134 Å². The molecule has 1 aliphatic heterocycles. The van der Waals surface area contributed by atoms with E-state index in [1.54, 1.807) is 0 Å². The second kappa shape index (κ2) is 8.80. The molecule has 0 amide bonds. The monoisotopic (exact) mass is 334 g/mol. The molecule has 0 aromatic heterocycles. The molecule has 132 valence electrons. The lowest BCUT2D eigenvalue weighted by Gasteiger charge is -2.43. The number of ether oxygens (including phenoxy) is 6. The summed E-state index contributed by atoms with van der Waals surface area (Å²) in [6.45, 7) is 3.52. The Kier molecular flexibility index (Phi) is 7.40. The van der Waals surface area contributed by atoms with Crippen LogP contribution in [0.3, 0.4) is 0 Å². The van der Waals surface area contributed by atoms with E-state index in [1.165, 1.54) is 35.0 Å². The molecule has 0 spiro atoms. The van der Waals surface area contributed by atoms with Gasteiger partial charge in [0.1, 0.15) is 18.8 Å². The van der Waals surface area contributed by atoms with Gasteiger partial charge < -0.3 is 28.4 Å². The molecule has 9 heteroatoms. The van der Waals surface area contributed by atoms with Crippen LogP contribution in [0.2, 0.25) is 0 Å². The second-order valence-electron chi connectivity index (χ2n) is 4.93.